The Morgan fingerprint density at radius 3 is 3.00 bits per heavy atom. The number of hydrogen-bond acceptors (Lipinski definition) is 2. The molecule has 2 unspecified atom stereocenters. The molecule has 2 rings (SSSR count). The molecule has 0 radical (unpaired) electrons. The Hall–Kier alpha value is -1.89. The number of benzene rings is 1. The Morgan fingerprint density at radius 2 is 2.28 bits per heavy atom. The third kappa shape index (κ3) is 2.35. The van der Waals surface area contributed by atoms with Crippen LogP contribution in [-0.4, -0.2) is 11.9 Å². The van der Waals surface area contributed by atoms with E-state index in [1.54, 1.807) is 19.1 Å². The maximum atomic E-state index is 13.8. The summed E-state index contributed by atoms with van der Waals surface area (Å²) in [5.41, 5.74) is 0.504. The van der Waals surface area contributed by atoms with E-state index in [2.05, 4.69) is 11.4 Å². The molecule has 1 aliphatic carbocycles. The van der Waals surface area contributed by atoms with Crippen molar-refractivity contribution in [2.75, 3.05) is 0 Å². The van der Waals surface area contributed by atoms with Gasteiger partial charge in [-0.3, -0.25) is 4.79 Å². The van der Waals surface area contributed by atoms with Gasteiger partial charge in [-0.2, -0.15) is 5.26 Å². The van der Waals surface area contributed by atoms with Crippen molar-refractivity contribution in [3.05, 3.63) is 35.1 Å². The zero-order valence-corrected chi connectivity index (χ0v) is 10.2. The number of halogens is 1. The van der Waals surface area contributed by atoms with Gasteiger partial charge in [-0.15, -0.1) is 0 Å². The summed E-state index contributed by atoms with van der Waals surface area (Å²) >= 11 is 0. The van der Waals surface area contributed by atoms with Gasteiger partial charge in [-0.05, 0) is 37.8 Å². The Morgan fingerprint density at radius 1 is 1.50 bits per heavy atom. The molecule has 4 heteroatoms. The second kappa shape index (κ2) is 5.18. The first-order valence-corrected chi connectivity index (χ1v) is 6.09. The Bertz CT molecular complexity index is 507. The van der Waals surface area contributed by atoms with Gasteiger partial charge in [0.1, 0.15) is 5.82 Å². The van der Waals surface area contributed by atoms with E-state index in [1.165, 1.54) is 6.07 Å². The van der Waals surface area contributed by atoms with Crippen molar-refractivity contribution in [3.63, 3.8) is 0 Å². The average Bonchev–Trinajstić information content (AvgIpc) is 2.79. The van der Waals surface area contributed by atoms with Gasteiger partial charge in [0, 0.05) is 6.04 Å². The highest BCUT2D eigenvalue weighted by atomic mass is 19.1. The molecule has 0 bridgehead atoms. The highest BCUT2D eigenvalue weighted by molar-refractivity contribution is 5.94. The Balaban J connectivity index is 2.13. The molecule has 1 aromatic rings. The van der Waals surface area contributed by atoms with Gasteiger partial charge in [0.05, 0.1) is 17.6 Å². The van der Waals surface area contributed by atoms with Crippen molar-refractivity contribution in [3.8, 4) is 6.07 Å². The molecule has 1 saturated carbocycles. The summed E-state index contributed by atoms with van der Waals surface area (Å²) in [6.45, 7) is 1.62. The van der Waals surface area contributed by atoms with E-state index in [4.69, 9.17) is 5.26 Å². The topological polar surface area (TPSA) is 52.9 Å². The molecule has 3 nitrogen and oxygen atoms in total. The maximum absolute atomic E-state index is 13.8. The van der Waals surface area contributed by atoms with E-state index >= 15 is 0 Å². The summed E-state index contributed by atoms with van der Waals surface area (Å²) in [5, 5.41) is 11.7. The van der Waals surface area contributed by atoms with E-state index < -0.39 is 11.7 Å². The van der Waals surface area contributed by atoms with Crippen LogP contribution in [0.1, 0.15) is 35.2 Å². The van der Waals surface area contributed by atoms with E-state index in [9.17, 15) is 9.18 Å². The third-order valence-corrected chi connectivity index (χ3v) is 3.43. The number of rotatable bonds is 2. The first kappa shape index (κ1) is 12.6. The van der Waals surface area contributed by atoms with Crippen molar-refractivity contribution in [2.24, 2.45) is 5.92 Å². The summed E-state index contributed by atoms with van der Waals surface area (Å²) in [5.74, 6) is -1.06. The quantitative estimate of drug-likeness (QED) is 0.871. The van der Waals surface area contributed by atoms with Gasteiger partial charge < -0.3 is 5.32 Å². The largest absolute Gasteiger partial charge is 0.348 e. The molecule has 18 heavy (non-hydrogen) atoms. The first-order chi connectivity index (χ1) is 8.63. The molecule has 1 N–H and O–H groups in total. The summed E-state index contributed by atoms with van der Waals surface area (Å²) in [4.78, 5) is 12.0. The van der Waals surface area contributed by atoms with Crippen molar-refractivity contribution in [1.29, 1.82) is 5.26 Å². The van der Waals surface area contributed by atoms with Gasteiger partial charge >= 0.3 is 0 Å². The van der Waals surface area contributed by atoms with Gasteiger partial charge in [0.25, 0.3) is 5.91 Å². The number of hydrogen-bond donors (Lipinski definition) is 1. The van der Waals surface area contributed by atoms with Gasteiger partial charge in [-0.25, -0.2) is 4.39 Å². The number of nitrogens with one attached hydrogen (secondary N) is 1. The fourth-order valence-corrected chi connectivity index (χ4v) is 2.36. The number of nitrogens with zero attached hydrogens (tertiary/aromatic N) is 1. The standard InChI is InChI=1S/C14H15FN2O/c1-9-4-2-6-11(13(9)15)14(18)17-12-7-3-5-10(12)8-16/h2,4,6,10,12H,3,5,7H2,1H3,(H,17,18). The van der Waals surface area contributed by atoms with E-state index in [-0.39, 0.29) is 17.5 Å². The predicted molar refractivity (Wildman–Crippen MR) is 65.3 cm³/mol. The zero-order chi connectivity index (χ0) is 13.1. The molecule has 0 heterocycles. The summed E-state index contributed by atoms with van der Waals surface area (Å²) in [6, 6.07) is 6.79. The smallest absolute Gasteiger partial charge is 0.254 e. The lowest BCUT2D eigenvalue weighted by molar-refractivity contribution is 0.0928. The third-order valence-electron chi connectivity index (χ3n) is 3.43. The molecule has 1 aliphatic rings. The number of carbonyl (C=O) groups excluding carboxylic acids is 1. The predicted octanol–water partition coefficient (Wildman–Crippen LogP) is 2.56. The lowest BCUT2D eigenvalue weighted by Gasteiger charge is -2.16. The van der Waals surface area contributed by atoms with Crippen LogP contribution in [0.25, 0.3) is 0 Å². The van der Waals surface area contributed by atoms with Crippen LogP contribution >= 0.6 is 0 Å². The minimum absolute atomic E-state index is 0.0542. The van der Waals surface area contributed by atoms with Crippen LogP contribution < -0.4 is 5.32 Å². The van der Waals surface area contributed by atoms with Crippen LogP contribution in [0.2, 0.25) is 0 Å². The van der Waals surface area contributed by atoms with Gasteiger partial charge in [0.15, 0.2) is 0 Å². The minimum atomic E-state index is -0.485. The molecule has 1 aromatic carbocycles. The molecule has 94 valence electrons. The van der Waals surface area contributed by atoms with E-state index in [0.717, 1.165) is 19.3 Å². The van der Waals surface area contributed by atoms with Gasteiger partial charge in [0.2, 0.25) is 0 Å². The highest BCUT2D eigenvalue weighted by Gasteiger charge is 2.29. The van der Waals surface area contributed by atoms with Crippen LogP contribution in [0.5, 0.6) is 0 Å². The van der Waals surface area contributed by atoms with Crippen LogP contribution in [0, 0.1) is 30.0 Å². The van der Waals surface area contributed by atoms with Crippen LogP contribution in [0.15, 0.2) is 18.2 Å². The molecule has 1 fully saturated rings. The second-order valence-corrected chi connectivity index (χ2v) is 4.68. The van der Waals surface area contributed by atoms with Gasteiger partial charge in [-0.1, -0.05) is 12.1 Å². The van der Waals surface area contributed by atoms with E-state index in [0.29, 0.717) is 5.56 Å². The minimum Gasteiger partial charge on any atom is -0.348 e. The molecule has 1 amide bonds. The second-order valence-electron chi connectivity index (χ2n) is 4.68. The summed E-state index contributed by atoms with van der Waals surface area (Å²) in [7, 11) is 0. The number of amides is 1. The van der Waals surface area contributed by atoms with E-state index in [1.807, 2.05) is 0 Å². The van der Waals surface area contributed by atoms with Crippen molar-refractivity contribution in [1.82, 2.24) is 5.32 Å². The Kier molecular flexibility index (Phi) is 3.61. The molecular formula is C14H15FN2O. The van der Waals surface area contributed by atoms with Crippen molar-refractivity contribution < 1.29 is 9.18 Å². The molecule has 0 saturated heterocycles. The van der Waals surface area contributed by atoms with Crippen molar-refractivity contribution in [2.45, 2.75) is 32.2 Å². The first-order valence-electron chi connectivity index (χ1n) is 6.09. The van der Waals surface area contributed by atoms with Crippen LogP contribution in [0.3, 0.4) is 0 Å². The lowest BCUT2D eigenvalue weighted by atomic mass is 10.0. The highest BCUT2D eigenvalue weighted by Crippen LogP contribution is 2.25. The number of carbonyl (C=O) groups is 1. The normalized spacial score (nSPS) is 22.5. The molecule has 0 spiro atoms. The Labute approximate surface area is 106 Å². The average molecular weight is 246 g/mol. The number of aryl methyl sites for hydroxylation is 1. The summed E-state index contributed by atoms with van der Waals surface area (Å²) < 4.78 is 13.8. The SMILES string of the molecule is Cc1cccc(C(=O)NC2CCCC2C#N)c1F. The molecule has 0 aliphatic heterocycles. The molecule has 0 aromatic heterocycles. The molecular weight excluding hydrogens is 231 g/mol. The van der Waals surface area contributed by atoms with Crippen LogP contribution in [-0.2, 0) is 0 Å². The fourth-order valence-electron chi connectivity index (χ4n) is 2.36. The van der Waals surface area contributed by atoms with Crippen molar-refractivity contribution >= 4 is 5.91 Å². The maximum Gasteiger partial charge on any atom is 0.254 e. The number of nitriles is 1. The molecule has 2 atom stereocenters. The monoisotopic (exact) mass is 246 g/mol. The fraction of sp³-hybridized carbons (Fsp3) is 0.429. The summed E-state index contributed by atoms with van der Waals surface area (Å²) in [6.07, 6.45) is 2.52. The zero-order valence-electron chi connectivity index (χ0n) is 10.2. The van der Waals surface area contributed by atoms with Crippen LogP contribution in [0.4, 0.5) is 4.39 Å². The lowest BCUT2D eigenvalue weighted by Crippen LogP contribution is -2.37.